The Bertz CT molecular complexity index is 503. The van der Waals surface area contributed by atoms with E-state index in [1.165, 1.54) is 61.4 Å². The van der Waals surface area contributed by atoms with E-state index < -0.39 is 21.1 Å². The molecule has 0 atom stereocenters. The molecule has 0 aliphatic rings. The standard InChI is InChI=1S/C13H27.C7H5N2O.Sn/c1-4-7-10-13(11-8-5-2)12-9-6-3;1-10-7-3-2-6(4-8)5-9-7;/h4-12H2,1-3H3;2,5H,1H3;. The maximum absolute atomic E-state index is 9.24. The topological polar surface area (TPSA) is 45.9 Å². The Labute approximate surface area is 158 Å². The number of pyridine rings is 1. The number of nitrogens with zero attached hydrogens (tertiary/aromatic N) is 2. The molecule has 3 nitrogen and oxygen atoms in total. The molecule has 4 heteroatoms. The molecule has 24 heavy (non-hydrogen) atoms. The van der Waals surface area contributed by atoms with Crippen molar-refractivity contribution in [3.63, 3.8) is 0 Å². The Morgan fingerprint density at radius 2 is 1.62 bits per heavy atom. The molecule has 0 aliphatic heterocycles. The minimum absolute atomic E-state index is 0.481. The molecular weight excluding hydrogens is 403 g/mol. The van der Waals surface area contributed by atoms with Crippen molar-refractivity contribution in [2.45, 2.75) is 82.0 Å². The van der Waals surface area contributed by atoms with E-state index >= 15 is 0 Å². The van der Waals surface area contributed by atoms with E-state index in [0.29, 0.717) is 8.99 Å². The molecule has 0 saturated heterocycles. The number of methoxy groups -OCH3 is 1. The van der Waals surface area contributed by atoms with Gasteiger partial charge in [-0.2, -0.15) is 0 Å². The Morgan fingerprint density at radius 1 is 1.08 bits per heavy atom. The van der Waals surface area contributed by atoms with Crippen LogP contribution in [0.2, 0.25) is 3.43 Å². The van der Waals surface area contributed by atoms with E-state index in [9.17, 15) is 5.26 Å². The van der Waals surface area contributed by atoms with Crippen LogP contribution in [-0.4, -0.2) is 33.2 Å². The average molecular weight is 435 g/mol. The average Bonchev–Trinajstić information content (AvgIpc) is 2.62. The third kappa shape index (κ3) is 6.62. The molecule has 2 radical (unpaired) electrons. The van der Waals surface area contributed by atoms with Gasteiger partial charge in [0.2, 0.25) is 0 Å². The molecular formula is C20H32N2OSn. The first-order valence-corrected chi connectivity index (χ1v) is 12.2. The van der Waals surface area contributed by atoms with E-state index in [1.54, 1.807) is 13.3 Å². The molecule has 1 rings (SSSR count). The molecule has 0 spiro atoms. The van der Waals surface area contributed by atoms with Crippen molar-refractivity contribution in [2.24, 2.45) is 0 Å². The second kappa shape index (κ2) is 11.7. The third-order valence-electron chi connectivity index (χ3n) is 4.60. The number of unbranched alkanes of at least 4 members (excludes halogenated alkanes) is 3. The monoisotopic (exact) mass is 436 g/mol. The summed E-state index contributed by atoms with van der Waals surface area (Å²) in [7, 11) is 1.70. The van der Waals surface area contributed by atoms with Crippen molar-refractivity contribution >= 4 is 24.7 Å². The normalized spacial score (nSPS) is 11.3. The van der Waals surface area contributed by atoms with Crippen LogP contribution in [0.5, 0.6) is 5.88 Å². The summed E-state index contributed by atoms with van der Waals surface area (Å²) in [5.74, 6) is 0.759. The van der Waals surface area contributed by atoms with Crippen LogP contribution in [0.25, 0.3) is 0 Å². The van der Waals surface area contributed by atoms with Gasteiger partial charge in [0.25, 0.3) is 0 Å². The van der Waals surface area contributed by atoms with E-state index in [4.69, 9.17) is 4.74 Å². The van der Waals surface area contributed by atoms with Crippen LogP contribution < -0.4 is 8.32 Å². The molecule has 0 fully saturated rings. The Morgan fingerprint density at radius 3 is 2.04 bits per heavy atom. The second-order valence-corrected chi connectivity index (χ2v) is 11.9. The summed E-state index contributed by atoms with van der Waals surface area (Å²) in [5, 5.41) is 9.24. The zero-order chi connectivity index (χ0) is 17.8. The van der Waals surface area contributed by atoms with Gasteiger partial charge < -0.3 is 0 Å². The summed E-state index contributed by atoms with van der Waals surface area (Å²) in [4.78, 5) is 4.39. The third-order valence-corrected chi connectivity index (χ3v) is 10.0. The van der Waals surface area contributed by atoms with Crippen LogP contribution in [0.15, 0.2) is 12.3 Å². The molecule has 0 amide bonds. The number of rotatable bonds is 12. The summed E-state index contributed by atoms with van der Waals surface area (Å²) >= 11 is -0.921. The van der Waals surface area contributed by atoms with Crippen LogP contribution in [0.4, 0.5) is 0 Å². The van der Waals surface area contributed by atoms with Crippen molar-refractivity contribution in [1.82, 2.24) is 4.98 Å². The molecule has 1 heterocycles. The van der Waals surface area contributed by atoms with Gasteiger partial charge in [0.15, 0.2) is 0 Å². The van der Waals surface area contributed by atoms with Crippen LogP contribution in [-0.2, 0) is 0 Å². The van der Waals surface area contributed by atoms with Gasteiger partial charge in [-0.15, -0.1) is 0 Å². The van der Waals surface area contributed by atoms with Gasteiger partial charge in [-0.05, 0) is 0 Å². The van der Waals surface area contributed by atoms with E-state index in [1.807, 2.05) is 0 Å². The van der Waals surface area contributed by atoms with Crippen LogP contribution >= 0.6 is 0 Å². The van der Waals surface area contributed by atoms with Crippen LogP contribution in [0.1, 0.15) is 84.1 Å². The summed E-state index contributed by atoms with van der Waals surface area (Å²) in [6.07, 6.45) is 13.3. The summed E-state index contributed by atoms with van der Waals surface area (Å²) < 4.78 is 7.27. The van der Waals surface area contributed by atoms with E-state index in [-0.39, 0.29) is 0 Å². The van der Waals surface area contributed by atoms with Gasteiger partial charge >= 0.3 is 159 Å². The maximum atomic E-state index is 9.24. The van der Waals surface area contributed by atoms with Crippen molar-refractivity contribution in [3.8, 4) is 11.9 Å². The fraction of sp³-hybridized carbons (Fsp3) is 0.700. The molecule has 0 bridgehead atoms. The van der Waals surface area contributed by atoms with Crippen LogP contribution in [0, 0.1) is 11.3 Å². The van der Waals surface area contributed by atoms with Gasteiger partial charge in [-0.3, -0.25) is 0 Å². The minimum atomic E-state index is -0.921. The van der Waals surface area contributed by atoms with Gasteiger partial charge in [0.1, 0.15) is 0 Å². The Hall–Kier alpha value is -0.761. The fourth-order valence-corrected chi connectivity index (χ4v) is 8.80. The van der Waals surface area contributed by atoms with Crippen molar-refractivity contribution < 1.29 is 4.74 Å². The summed E-state index contributed by atoms with van der Waals surface area (Å²) in [6.45, 7) is 6.86. The van der Waals surface area contributed by atoms with Gasteiger partial charge in [0.05, 0.1) is 0 Å². The molecule has 0 aromatic carbocycles. The van der Waals surface area contributed by atoms with Crippen molar-refractivity contribution in [1.29, 1.82) is 5.26 Å². The molecule has 0 aliphatic carbocycles. The second-order valence-electron chi connectivity index (χ2n) is 6.61. The molecule has 0 N–H and O–H groups in total. The molecule has 0 saturated carbocycles. The SMILES string of the molecule is CCCC[C](CCCC)(CCCC)[Sn][c]1cc(C#N)cnc1OC. The van der Waals surface area contributed by atoms with Crippen molar-refractivity contribution in [3.05, 3.63) is 17.8 Å². The van der Waals surface area contributed by atoms with Gasteiger partial charge in [-0.1, -0.05) is 0 Å². The van der Waals surface area contributed by atoms with Gasteiger partial charge in [-0.25, -0.2) is 0 Å². The number of nitriles is 1. The number of aromatic nitrogens is 1. The molecule has 132 valence electrons. The first-order chi connectivity index (χ1) is 11.6. The molecule has 0 unspecified atom stereocenters. The number of hydrogen-bond donors (Lipinski definition) is 0. The molecule has 1 aromatic rings. The van der Waals surface area contributed by atoms with E-state index in [2.05, 4.69) is 37.9 Å². The number of ether oxygens (including phenoxy) is 1. The quantitative estimate of drug-likeness (QED) is 0.434. The first kappa shape index (κ1) is 21.3. The zero-order valence-electron chi connectivity index (χ0n) is 15.8. The summed E-state index contributed by atoms with van der Waals surface area (Å²) in [5.41, 5.74) is 0.669. The predicted molar refractivity (Wildman–Crippen MR) is 102 cm³/mol. The number of hydrogen-bond acceptors (Lipinski definition) is 3. The Balaban J connectivity index is 3.14. The van der Waals surface area contributed by atoms with Gasteiger partial charge in [0, 0.05) is 0 Å². The molecule has 1 aromatic heterocycles. The predicted octanol–water partition coefficient (Wildman–Crippen LogP) is 5.02. The first-order valence-electron chi connectivity index (χ1n) is 9.37. The zero-order valence-corrected chi connectivity index (χ0v) is 18.7. The Kier molecular flexibility index (Phi) is 10.4. The van der Waals surface area contributed by atoms with Crippen LogP contribution in [0.3, 0.4) is 0 Å². The summed E-state index contributed by atoms with van der Waals surface area (Å²) in [6, 6.07) is 4.30. The van der Waals surface area contributed by atoms with E-state index in [0.717, 1.165) is 5.88 Å². The fourth-order valence-electron chi connectivity index (χ4n) is 3.16. The van der Waals surface area contributed by atoms with Crippen molar-refractivity contribution in [2.75, 3.05) is 7.11 Å².